The molecule has 142 valence electrons. The molecular formula is C20H16BrIN4O2. The molecule has 0 aromatic heterocycles. The number of halogens is 2. The average Bonchev–Trinajstić information content (AvgIpc) is 3.14. The van der Waals surface area contributed by atoms with Gasteiger partial charge in [-0.05, 0) is 48.5 Å². The van der Waals surface area contributed by atoms with E-state index in [-0.39, 0.29) is 41.2 Å². The van der Waals surface area contributed by atoms with Gasteiger partial charge in [-0.15, -0.1) is 5.12 Å². The molecule has 0 saturated heterocycles. The van der Waals surface area contributed by atoms with Crippen LogP contribution in [0.25, 0.3) is 0 Å². The summed E-state index contributed by atoms with van der Waals surface area (Å²) in [5.74, 6) is 0.216. The maximum atomic E-state index is 13.1. The number of aromatic hydroxyl groups is 1. The number of hydrogen-bond donors (Lipinski definition) is 2. The number of hydrogen-bond acceptors (Lipinski definition) is 4. The van der Waals surface area contributed by atoms with Gasteiger partial charge in [-0.3, -0.25) is 4.79 Å². The molecule has 1 heterocycles. The summed E-state index contributed by atoms with van der Waals surface area (Å²) < 4.78 is 0.931. The Balaban J connectivity index is 0.00000225. The van der Waals surface area contributed by atoms with E-state index in [0.717, 1.165) is 15.7 Å². The van der Waals surface area contributed by atoms with Crippen molar-refractivity contribution < 1.29 is 39.3 Å². The fraction of sp³-hybridized carbons (Fsp3) is 0. The fourth-order valence-corrected chi connectivity index (χ4v) is 3.03. The lowest BCUT2D eigenvalue weighted by molar-refractivity contribution is -0.681. The SMILES string of the molecule is O=C(c1ccccc1O)N1[NH2+]C(c2ccccc2)=NN1c1ccc(Br)cc1.[I-]. The summed E-state index contributed by atoms with van der Waals surface area (Å²) in [5.41, 5.74) is 3.50. The molecule has 0 fully saturated rings. The van der Waals surface area contributed by atoms with Crippen molar-refractivity contribution in [1.29, 1.82) is 0 Å². The monoisotopic (exact) mass is 550 g/mol. The van der Waals surface area contributed by atoms with Crippen LogP contribution in [0.5, 0.6) is 5.75 Å². The molecule has 4 rings (SSSR count). The number of carbonyl (C=O) groups is 1. The van der Waals surface area contributed by atoms with Crippen LogP contribution < -0.4 is 34.5 Å². The molecule has 0 unspecified atom stereocenters. The smallest absolute Gasteiger partial charge is 0.328 e. The number of hydrazone groups is 1. The molecule has 1 aliphatic rings. The minimum absolute atomic E-state index is 0. The van der Waals surface area contributed by atoms with E-state index in [1.165, 1.54) is 16.3 Å². The Hall–Kier alpha value is -2.43. The predicted octanol–water partition coefficient (Wildman–Crippen LogP) is -0.124. The normalized spacial score (nSPS) is 13.1. The van der Waals surface area contributed by atoms with Gasteiger partial charge in [-0.2, -0.15) is 5.43 Å². The third kappa shape index (κ3) is 4.03. The quantitative estimate of drug-likeness (QED) is 0.271. The molecule has 3 aromatic carbocycles. The number of para-hydroxylation sites is 1. The van der Waals surface area contributed by atoms with Crippen LogP contribution in [-0.4, -0.2) is 22.0 Å². The highest BCUT2D eigenvalue weighted by Gasteiger charge is 2.36. The number of nitrogens with zero attached hydrogens (tertiary/aromatic N) is 3. The number of rotatable bonds is 3. The Morgan fingerprint density at radius 3 is 2.25 bits per heavy atom. The van der Waals surface area contributed by atoms with Crippen LogP contribution in [-0.2, 0) is 0 Å². The molecule has 0 saturated carbocycles. The number of phenolic OH excluding ortho intramolecular Hbond substituents is 1. The van der Waals surface area contributed by atoms with E-state index >= 15 is 0 Å². The molecule has 28 heavy (non-hydrogen) atoms. The maximum Gasteiger partial charge on any atom is 0.328 e. The summed E-state index contributed by atoms with van der Waals surface area (Å²) >= 11 is 3.42. The number of hydrazine groups is 1. The van der Waals surface area contributed by atoms with Crippen molar-refractivity contribution in [2.75, 3.05) is 5.12 Å². The van der Waals surface area contributed by atoms with E-state index in [0.29, 0.717) is 5.84 Å². The lowest BCUT2D eigenvalue weighted by Crippen LogP contribution is -3.00. The number of carbonyl (C=O) groups excluding carboxylic acids is 1. The van der Waals surface area contributed by atoms with Gasteiger partial charge in [-0.1, -0.05) is 56.5 Å². The van der Waals surface area contributed by atoms with Gasteiger partial charge in [-0.25, -0.2) is 0 Å². The molecule has 8 heteroatoms. The van der Waals surface area contributed by atoms with Crippen molar-refractivity contribution in [2.24, 2.45) is 5.10 Å². The second-order valence-electron chi connectivity index (χ2n) is 5.91. The van der Waals surface area contributed by atoms with Crippen LogP contribution in [0, 0.1) is 0 Å². The lowest BCUT2D eigenvalue weighted by Gasteiger charge is -2.22. The van der Waals surface area contributed by atoms with Crippen LogP contribution in [0.3, 0.4) is 0 Å². The highest BCUT2D eigenvalue weighted by atomic mass is 127. The summed E-state index contributed by atoms with van der Waals surface area (Å²) in [7, 11) is 0. The summed E-state index contributed by atoms with van der Waals surface area (Å²) in [6, 6.07) is 23.6. The van der Waals surface area contributed by atoms with Gasteiger partial charge in [0.2, 0.25) is 0 Å². The Morgan fingerprint density at radius 2 is 1.57 bits per heavy atom. The van der Waals surface area contributed by atoms with Gasteiger partial charge in [0.25, 0.3) is 5.84 Å². The Kier molecular flexibility index (Phi) is 6.32. The number of phenols is 1. The molecule has 3 N–H and O–H groups in total. The van der Waals surface area contributed by atoms with Gasteiger partial charge in [0.15, 0.2) is 0 Å². The number of benzene rings is 3. The van der Waals surface area contributed by atoms with Gasteiger partial charge >= 0.3 is 5.91 Å². The van der Waals surface area contributed by atoms with Gasteiger partial charge in [0.05, 0.1) is 16.8 Å². The molecule has 1 amide bonds. The number of anilines is 1. The number of amidine groups is 1. The van der Waals surface area contributed by atoms with Crippen molar-refractivity contribution in [3.63, 3.8) is 0 Å². The van der Waals surface area contributed by atoms with Crippen molar-refractivity contribution >= 4 is 33.4 Å². The standard InChI is InChI=1S/C20H15BrN4O2.HI/c21-15-10-12-16(13-11-15)24-22-19(14-6-2-1-3-7-14)23-25(24)20(27)17-8-4-5-9-18(17)26;/h1-13,26H,(H,22,23);1H. The first kappa shape index (κ1) is 20.3. The summed E-state index contributed by atoms with van der Waals surface area (Å²) in [6.07, 6.45) is 0. The minimum atomic E-state index is -0.370. The van der Waals surface area contributed by atoms with E-state index in [4.69, 9.17) is 0 Å². The number of nitrogens with two attached hydrogens (primary N) is 1. The third-order valence-corrected chi connectivity index (χ3v) is 4.65. The van der Waals surface area contributed by atoms with E-state index in [2.05, 4.69) is 21.0 Å². The minimum Gasteiger partial charge on any atom is -1.00 e. The first-order valence-corrected chi connectivity index (χ1v) is 9.09. The molecule has 0 bridgehead atoms. The predicted molar refractivity (Wildman–Crippen MR) is 106 cm³/mol. The molecule has 3 aromatic rings. The molecule has 6 nitrogen and oxygen atoms in total. The summed E-state index contributed by atoms with van der Waals surface area (Å²) in [6.45, 7) is 0. The maximum absolute atomic E-state index is 13.1. The van der Waals surface area contributed by atoms with E-state index < -0.39 is 0 Å². The van der Waals surface area contributed by atoms with Gasteiger partial charge in [0.1, 0.15) is 5.75 Å². The summed E-state index contributed by atoms with van der Waals surface area (Å²) in [5, 5.41) is 17.6. The zero-order valence-electron chi connectivity index (χ0n) is 14.5. The lowest BCUT2D eigenvalue weighted by atomic mass is 10.2. The Bertz CT molecular complexity index is 1010. The molecule has 0 aliphatic carbocycles. The Morgan fingerprint density at radius 1 is 0.929 bits per heavy atom. The van der Waals surface area contributed by atoms with Crippen LogP contribution in [0.1, 0.15) is 15.9 Å². The summed E-state index contributed by atoms with van der Waals surface area (Å²) in [4.78, 5) is 13.1. The largest absolute Gasteiger partial charge is 1.00 e. The third-order valence-electron chi connectivity index (χ3n) is 4.12. The Labute approximate surface area is 187 Å². The van der Waals surface area contributed by atoms with Crippen LogP contribution in [0.15, 0.2) is 88.4 Å². The molecular weight excluding hydrogens is 535 g/mol. The zero-order chi connectivity index (χ0) is 18.8. The first-order valence-electron chi connectivity index (χ1n) is 8.29. The molecule has 1 aliphatic heterocycles. The second kappa shape index (κ2) is 8.72. The van der Waals surface area contributed by atoms with Crippen LogP contribution in [0.2, 0.25) is 0 Å². The average molecular weight is 551 g/mol. The van der Waals surface area contributed by atoms with Gasteiger partial charge in [0, 0.05) is 4.47 Å². The zero-order valence-corrected chi connectivity index (χ0v) is 18.3. The van der Waals surface area contributed by atoms with E-state index in [9.17, 15) is 9.90 Å². The second-order valence-corrected chi connectivity index (χ2v) is 6.83. The molecule has 0 atom stereocenters. The highest BCUT2D eigenvalue weighted by molar-refractivity contribution is 9.10. The van der Waals surface area contributed by atoms with E-state index in [1.807, 2.05) is 54.6 Å². The first-order chi connectivity index (χ1) is 13.1. The van der Waals surface area contributed by atoms with Crippen molar-refractivity contribution in [2.45, 2.75) is 0 Å². The number of amides is 1. The van der Waals surface area contributed by atoms with Crippen molar-refractivity contribution in [1.82, 2.24) is 5.12 Å². The molecule has 0 radical (unpaired) electrons. The fourth-order valence-electron chi connectivity index (χ4n) is 2.77. The van der Waals surface area contributed by atoms with Crippen molar-refractivity contribution in [3.8, 4) is 5.75 Å². The van der Waals surface area contributed by atoms with Crippen LogP contribution in [0.4, 0.5) is 5.69 Å². The van der Waals surface area contributed by atoms with Crippen LogP contribution >= 0.6 is 15.9 Å². The topological polar surface area (TPSA) is 72.7 Å². The highest BCUT2D eigenvalue weighted by Crippen LogP contribution is 2.24. The van der Waals surface area contributed by atoms with Gasteiger partial charge < -0.3 is 29.1 Å². The molecule has 0 spiro atoms. The van der Waals surface area contributed by atoms with Crippen molar-refractivity contribution in [3.05, 3.63) is 94.5 Å². The number of quaternary nitrogens is 1. The van der Waals surface area contributed by atoms with E-state index in [1.54, 1.807) is 23.6 Å².